The highest BCUT2D eigenvalue weighted by Crippen LogP contribution is 2.17. The lowest BCUT2D eigenvalue weighted by Gasteiger charge is -2.11. The number of rotatable bonds is 5. The van der Waals surface area contributed by atoms with Gasteiger partial charge in [0.2, 0.25) is 0 Å². The molecule has 0 aliphatic carbocycles. The number of aryl methyl sites for hydroxylation is 2. The maximum absolute atomic E-state index is 11.8. The van der Waals surface area contributed by atoms with Gasteiger partial charge < -0.3 is 5.73 Å². The molecule has 1 aromatic heterocycles. The Balaban J connectivity index is 2.57. The molecule has 16 heavy (non-hydrogen) atoms. The highest BCUT2D eigenvalue weighted by atomic mass is 32.1. The van der Waals surface area contributed by atoms with Crippen molar-refractivity contribution in [2.75, 3.05) is 0 Å². The van der Waals surface area contributed by atoms with Crippen molar-refractivity contribution in [1.82, 2.24) is 4.98 Å². The fourth-order valence-electron chi connectivity index (χ4n) is 1.53. The summed E-state index contributed by atoms with van der Waals surface area (Å²) in [5.74, 6) is 0.557. The van der Waals surface area contributed by atoms with Gasteiger partial charge in [0, 0.05) is 4.88 Å². The summed E-state index contributed by atoms with van der Waals surface area (Å²) in [7, 11) is 0. The zero-order valence-electron chi connectivity index (χ0n) is 10.4. The average Bonchev–Trinajstić information content (AvgIpc) is 2.44. The zero-order chi connectivity index (χ0) is 12.3. The van der Waals surface area contributed by atoms with E-state index in [9.17, 15) is 4.79 Å². The Labute approximate surface area is 101 Å². The van der Waals surface area contributed by atoms with E-state index < -0.39 is 0 Å². The van der Waals surface area contributed by atoms with Crippen LogP contribution in [-0.4, -0.2) is 16.8 Å². The fraction of sp³-hybridized carbons (Fsp3) is 0.667. The molecule has 1 heterocycles. The van der Waals surface area contributed by atoms with Gasteiger partial charge in [-0.05, 0) is 26.2 Å². The molecule has 1 rings (SSSR count). The first kappa shape index (κ1) is 13.3. The summed E-state index contributed by atoms with van der Waals surface area (Å²) < 4.78 is 0. The third kappa shape index (κ3) is 3.68. The molecular formula is C12H20N2OS. The van der Waals surface area contributed by atoms with Crippen molar-refractivity contribution in [3.63, 3.8) is 0 Å². The van der Waals surface area contributed by atoms with Crippen molar-refractivity contribution >= 4 is 17.1 Å². The summed E-state index contributed by atoms with van der Waals surface area (Å²) >= 11 is 1.59. The first-order valence-corrected chi connectivity index (χ1v) is 6.43. The molecule has 0 spiro atoms. The molecule has 1 unspecified atom stereocenters. The van der Waals surface area contributed by atoms with E-state index in [4.69, 9.17) is 5.73 Å². The summed E-state index contributed by atoms with van der Waals surface area (Å²) in [6.45, 7) is 8.14. The van der Waals surface area contributed by atoms with Gasteiger partial charge in [0.05, 0.1) is 18.2 Å². The maximum Gasteiger partial charge on any atom is 0.156 e. The van der Waals surface area contributed by atoms with Gasteiger partial charge in [-0.2, -0.15) is 0 Å². The van der Waals surface area contributed by atoms with Crippen molar-refractivity contribution in [3.8, 4) is 0 Å². The van der Waals surface area contributed by atoms with Crippen molar-refractivity contribution in [2.45, 2.75) is 46.6 Å². The molecule has 0 bridgehead atoms. The molecule has 0 aromatic carbocycles. The van der Waals surface area contributed by atoms with Crippen LogP contribution < -0.4 is 5.73 Å². The van der Waals surface area contributed by atoms with Gasteiger partial charge in [-0.1, -0.05) is 13.8 Å². The van der Waals surface area contributed by atoms with Crippen LogP contribution in [0.3, 0.4) is 0 Å². The number of nitrogens with zero attached hydrogens (tertiary/aromatic N) is 1. The second kappa shape index (κ2) is 5.55. The second-order valence-corrected chi connectivity index (χ2v) is 5.92. The van der Waals surface area contributed by atoms with E-state index in [2.05, 4.69) is 18.8 Å². The summed E-state index contributed by atoms with van der Waals surface area (Å²) in [6.07, 6.45) is 1.13. The van der Waals surface area contributed by atoms with Crippen LogP contribution in [0.5, 0.6) is 0 Å². The van der Waals surface area contributed by atoms with E-state index in [-0.39, 0.29) is 11.8 Å². The van der Waals surface area contributed by atoms with Gasteiger partial charge in [-0.25, -0.2) is 4.98 Å². The number of aromatic nitrogens is 1. The molecular weight excluding hydrogens is 220 g/mol. The number of nitrogens with two attached hydrogens (primary N) is 1. The monoisotopic (exact) mass is 240 g/mol. The number of Topliss-reactive ketones (excluding diaryl/α,β-unsaturated/α-hetero) is 1. The number of ketones is 1. The number of hydrogen-bond acceptors (Lipinski definition) is 4. The van der Waals surface area contributed by atoms with E-state index in [1.165, 1.54) is 4.88 Å². The molecule has 0 saturated carbocycles. The Bertz CT molecular complexity index is 352. The summed E-state index contributed by atoms with van der Waals surface area (Å²) in [4.78, 5) is 17.3. The largest absolute Gasteiger partial charge is 0.321 e. The Morgan fingerprint density at radius 1 is 1.44 bits per heavy atom. The van der Waals surface area contributed by atoms with Gasteiger partial charge in [0.15, 0.2) is 5.78 Å². The maximum atomic E-state index is 11.8. The predicted molar refractivity (Wildman–Crippen MR) is 67.7 cm³/mol. The lowest BCUT2D eigenvalue weighted by molar-refractivity contribution is -0.120. The summed E-state index contributed by atoms with van der Waals surface area (Å²) in [5, 5.41) is 0.888. The van der Waals surface area contributed by atoms with E-state index >= 15 is 0 Å². The average molecular weight is 240 g/mol. The van der Waals surface area contributed by atoms with Crippen LogP contribution in [0.15, 0.2) is 0 Å². The Hall–Kier alpha value is -0.740. The highest BCUT2D eigenvalue weighted by Gasteiger charge is 2.17. The molecule has 0 aliphatic heterocycles. The summed E-state index contributed by atoms with van der Waals surface area (Å²) in [6, 6.07) is -0.343. The standard InChI is InChI=1S/C12H20N2OS/c1-7(2)5-10(13)11(15)6-12-14-8(3)9(4)16-12/h7,10H,5-6,13H2,1-4H3. The summed E-state index contributed by atoms with van der Waals surface area (Å²) in [5.41, 5.74) is 6.86. The Morgan fingerprint density at radius 3 is 2.50 bits per heavy atom. The van der Waals surface area contributed by atoms with Gasteiger partial charge in [-0.15, -0.1) is 11.3 Å². The van der Waals surface area contributed by atoms with Crippen molar-refractivity contribution in [3.05, 3.63) is 15.6 Å². The van der Waals surface area contributed by atoms with Crippen molar-refractivity contribution in [1.29, 1.82) is 0 Å². The molecule has 90 valence electrons. The van der Waals surface area contributed by atoms with Crippen LogP contribution in [0.4, 0.5) is 0 Å². The van der Waals surface area contributed by atoms with Gasteiger partial charge >= 0.3 is 0 Å². The van der Waals surface area contributed by atoms with Gasteiger partial charge in [0.25, 0.3) is 0 Å². The Kier molecular flexibility index (Phi) is 4.62. The van der Waals surface area contributed by atoms with Crippen LogP contribution in [-0.2, 0) is 11.2 Å². The molecule has 0 saturated heterocycles. The molecule has 4 heteroatoms. The van der Waals surface area contributed by atoms with E-state index in [1.807, 2.05) is 13.8 Å². The zero-order valence-corrected chi connectivity index (χ0v) is 11.2. The first-order chi connectivity index (χ1) is 7.40. The number of thiazole rings is 1. The lowest BCUT2D eigenvalue weighted by atomic mass is 10.00. The van der Waals surface area contributed by atoms with E-state index in [0.29, 0.717) is 12.3 Å². The van der Waals surface area contributed by atoms with Crippen LogP contribution in [0.1, 0.15) is 35.8 Å². The minimum absolute atomic E-state index is 0.0995. The van der Waals surface area contributed by atoms with Gasteiger partial charge in [-0.3, -0.25) is 4.79 Å². The molecule has 2 N–H and O–H groups in total. The normalized spacial score (nSPS) is 13.1. The Morgan fingerprint density at radius 2 is 2.06 bits per heavy atom. The SMILES string of the molecule is Cc1nc(CC(=O)C(N)CC(C)C)sc1C. The second-order valence-electron chi connectivity index (χ2n) is 4.63. The molecule has 0 fully saturated rings. The van der Waals surface area contributed by atoms with Crippen molar-refractivity contribution < 1.29 is 4.79 Å². The highest BCUT2D eigenvalue weighted by molar-refractivity contribution is 7.11. The topological polar surface area (TPSA) is 56.0 Å². The van der Waals surface area contributed by atoms with Gasteiger partial charge in [0.1, 0.15) is 5.01 Å². The van der Waals surface area contributed by atoms with Crippen LogP contribution in [0, 0.1) is 19.8 Å². The number of carbonyl (C=O) groups is 1. The number of carbonyl (C=O) groups excluding carboxylic acids is 1. The van der Waals surface area contributed by atoms with Crippen LogP contribution in [0.25, 0.3) is 0 Å². The first-order valence-electron chi connectivity index (χ1n) is 5.61. The fourth-order valence-corrected chi connectivity index (χ4v) is 2.48. The predicted octanol–water partition coefficient (Wildman–Crippen LogP) is 2.24. The molecule has 0 amide bonds. The van der Waals surface area contributed by atoms with Crippen molar-refractivity contribution in [2.24, 2.45) is 11.7 Å². The molecule has 0 radical (unpaired) electrons. The quantitative estimate of drug-likeness (QED) is 0.858. The minimum Gasteiger partial charge on any atom is -0.321 e. The molecule has 0 aliphatic rings. The third-order valence-corrected chi connectivity index (χ3v) is 3.61. The third-order valence-electron chi connectivity index (χ3n) is 2.54. The smallest absolute Gasteiger partial charge is 0.156 e. The van der Waals surface area contributed by atoms with E-state index in [1.54, 1.807) is 11.3 Å². The molecule has 3 nitrogen and oxygen atoms in total. The minimum atomic E-state index is -0.343. The van der Waals surface area contributed by atoms with Crippen LogP contribution in [0.2, 0.25) is 0 Å². The number of hydrogen-bond donors (Lipinski definition) is 1. The van der Waals surface area contributed by atoms with Crippen LogP contribution >= 0.6 is 11.3 Å². The lowest BCUT2D eigenvalue weighted by Crippen LogP contribution is -2.33. The molecule has 1 atom stereocenters. The van der Waals surface area contributed by atoms with E-state index in [0.717, 1.165) is 17.1 Å². The molecule has 1 aromatic rings.